The molecule has 11 rings (SSSR count). The van der Waals surface area contributed by atoms with Gasteiger partial charge in [-0.15, -0.1) is 0 Å². The molecule has 0 N–H and O–H groups in total. The van der Waals surface area contributed by atoms with Crippen LogP contribution in [-0.4, -0.2) is 104 Å². The second-order valence-corrected chi connectivity index (χ2v) is 35.0. The third-order valence-corrected chi connectivity index (χ3v) is 26.2. The Kier molecular flexibility index (Phi) is 25.8. The number of rotatable bonds is 23. The summed E-state index contributed by atoms with van der Waals surface area (Å²) in [5, 5.41) is -0.448. The quantitative estimate of drug-likeness (QED) is 0.0401. The van der Waals surface area contributed by atoms with Gasteiger partial charge in [-0.05, 0) is 227 Å². The lowest BCUT2D eigenvalue weighted by Crippen LogP contribution is -2.63. The molecule has 9 saturated carbocycles. The minimum Gasteiger partial charge on any atom is -0.465 e. The summed E-state index contributed by atoms with van der Waals surface area (Å²) < 4.78 is 67.7. The molecule has 17 nitrogen and oxygen atoms in total. The van der Waals surface area contributed by atoms with Crippen molar-refractivity contribution in [2.24, 2.45) is 92.2 Å². The molecule has 9 aliphatic carbocycles. The van der Waals surface area contributed by atoms with Gasteiger partial charge < -0.3 is 33.2 Å². The van der Waals surface area contributed by atoms with Gasteiger partial charge in [-0.2, -0.15) is 8.42 Å². The van der Waals surface area contributed by atoms with Crippen LogP contribution in [0.4, 0.5) is 0 Å². The van der Waals surface area contributed by atoms with Crippen molar-refractivity contribution < 1.29 is 79.3 Å². The van der Waals surface area contributed by atoms with E-state index in [1.54, 1.807) is 13.8 Å². The smallest absolute Gasteiger partial charge is 0.344 e. The van der Waals surface area contributed by atoms with Crippen LogP contribution in [0.15, 0.2) is 0 Å². The van der Waals surface area contributed by atoms with Crippen molar-refractivity contribution in [3.8, 4) is 0 Å². The molecule has 0 aromatic carbocycles. The highest BCUT2D eigenvalue weighted by Crippen LogP contribution is 2.63. The zero-order chi connectivity index (χ0) is 68.9. The fourth-order valence-corrected chi connectivity index (χ4v) is 17.9. The molecule has 11 fully saturated rings. The van der Waals surface area contributed by atoms with Crippen LogP contribution in [0.25, 0.3) is 0 Å². The van der Waals surface area contributed by atoms with Crippen LogP contribution in [0.2, 0.25) is 0 Å². The topological polar surface area (TPSA) is 227 Å². The van der Waals surface area contributed by atoms with Gasteiger partial charge >= 0.3 is 41.8 Å². The van der Waals surface area contributed by atoms with Crippen molar-refractivity contribution in [3.05, 3.63) is 0 Å². The maximum atomic E-state index is 12.8. The van der Waals surface area contributed by atoms with Crippen molar-refractivity contribution in [2.45, 2.75) is 321 Å². The highest BCUT2D eigenvalue weighted by atomic mass is 32.2. The summed E-state index contributed by atoms with van der Waals surface area (Å²) in [5.74, 6) is 3.14. The average Bonchev–Trinajstić information content (AvgIpc) is 1.06. The van der Waals surface area contributed by atoms with E-state index < -0.39 is 57.0 Å². The standard InChI is InChI=1S/C19H32O2.C15H22O7S.C14H20O4.C14H26O2.C12H24O2/c1-6-18(4,5)17(20)21-19(12(2)3)15-8-13-7-14(10-15)11-16(19)9-13;1-4-15(2,3)14(17)20-7-11(16)21-12-8-5-9-10(6-8)23(18,19)22-13(9)12;1-4-14(2,3)13(16)18-10-7-5-8-9(6-7)12(15)17-11(8)10;1-6-13(4,5)12(15)16-14(11(2)3)9-7-8-10-14;1-5-7-8-9-10-14-11(13)12(3,4)6-2/h12-16H,6-11H2,1-5H3;8-10,12-13H,4-7H2,1-3H3;7-11H,4-6H2,1-3H3;11H,6-10H2,1-5H3;5-10H2,1-4H3. The third kappa shape index (κ3) is 17.1. The summed E-state index contributed by atoms with van der Waals surface area (Å²) in [4.78, 5) is 83.9. The van der Waals surface area contributed by atoms with Crippen LogP contribution >= 0.6 is 0 Å². The minimum absolute atomic E-state index is 0.0130. The molecule has 8 bridgehead atoms. The van der Waals surface area contributed by atoms with Crippen molar-refractivity contribution in [2.75, 3.05) is 13.2 Å². The predicted octanol–water partition coefficient (Wildman–Crippen LogP) is 15.2. The predicted molar refractivity (Wildman–Crippen MR) is 352 cm³/mol. The normalized spacial score (nSPS) is 32.0. The first-order valence-electron chi connectivity index (χ1n) is 36.1. The number of hydrogen-bond acceptors (Lipinski definition) is 17. The lowest BCUT2D eigenvalue weighted by atomic mass is 9.47. The molecule has 0 amide bonds. The Morgan fingerprint density at radius 1 is 0.522 bits per heavy atom. The Morgan fingerprint density at radius 3 is 1.49 bits per heavy atom. The van der Waals surface area contributed by atoms with E-state index in [1.165, 1.54) is 57.8 Å². The van der Waals surface area contributed by atoms with Crippen LogP contribution in [-0.2, 0) is 81.0 Å². The van der Waals surface area contributed by atoms with E-state index in [0.29, 0.717) is 61.4 Å². The largest absolute Gasteiger partial charge is 0.465 e. The summed E-state index contributed by atoms with van der Waals surface area (Å²) in [5.41, 5.74) is -2.46. The second kappa shape index (κ2) is 30.7. The third-order valence-electron chi connectivity index (χ3n) is 24.5. The lowest BCUT2D eigenvalue weighted by Gasteiger charge is -2.62. The fourth-order valence-electron chi connectivity index (χ4n) is 16.0. The number of unbranched alkanes of at least 4 members (excludes halogenated alkanes) is 3. The molecule has 528 valence electrons. The van der Waals surface area contributed by atoms with Gasteiger partial charge in [0.25, 0.3) is 10.1 Å². The highest BCUT2D eigenvalue weighted by Gasteiger charge is 2.66. The van der Waals surface area contributed by atoms with E-state index in [1.807, 2.05) is 83.1 Å². The molecule has 0 aromatic rings. The van der Waals surface area contributed by atoms with Gasteiger partial charge in [0.15, 0.2) is 6.61 Å². The molecule has 11 aliphatic rings. The SMILES string of the molecule is CCC(C)(C)C(=O)OC1(C(C)C)C2CC3CC(C2)CC1C3.CCC(C)(C)C(=O)OC1(C(C)C)CCCC1.CCC(C)(C)C(=O)OC1C2CC3C(=O)OC1C3C2.CCC(C)(C)C(=O)OCC(=O)OC1C2CC3C1OS(=O)(=O)C3C2.CCCCCCOC(=O)C(C)(C)CC. The van der Waals surface area contributed by atoms with Crippen LogP contribution in [0, 0.1) is 92.2 Å². The maximum absolute atomic E-state index is 12.8. The number of fused-ring (bicyclic) bond motifs is 2. The summed E-state index contributed by atoms with van der Waals surface area (Å²) in [6.07, 6.45) is 21.1. The first-order chi connectivity index (χ1) is 42.8. The van der Waals surface area contributed by atoms with Gasteiger partial charge in [0.2, 0.25) is 0 Å². The maximum Gasteiger partial charge on any atom is 0.344 e. The highest BCUT2D eigenvalue weighted by molar-refractivity contribution is 7.87. The molecule has 2 saturated heterocycles. The first-order valence-corrected chi connectivity index (χ1v) is 37.6. The van der Waals surface area contributed by atoms with E-state index in [2.05, 4.69) is 41.5 Å². The van der Waals surface area contributed by atoms with Gasteiger partial charge in [0, 0.05) is 23.7 Å². The molecule has 0 radical (unpaired) electrons. The molecule has 10 unspecified atom stereocenters. The molecule has 18 heteroatoms. The monoisotopic (exact) mass is 1320 g/mol. The lowest BCUT2D eigenvalue weighted by molar-refractivity contribution is -0.231. The Labute approximate surface area is 554 Å². The summed E-state index contributed by atoms with van der Waals surface area (Å²) in [6.45, 7) is 40.3. The fraction of sp³-hybridized carbons (Fsp3) is 0.905. The number of carbonyl (C=O) groups is 7. The number of esters is 7. The molecule has 10 atom stereocenters. The van der Waals surface area contributed by atoms with Crippen molar-refractivity contribution in [1.29, 1.82) is 0 Å². The van der Waals surface area contributed by atoms with E-state index in [4.69, 9.17) is 37.3 Å². The molecule has 0 spiro atoms. The van der Waals surface area contributed by atoms with Crippen LogP contribution in [0.5, 0.6) is 0 Å². The Bertz CT molecular complexity index is 2630. The van der Waals surface area contributed by atoms with Gasteiger partial charge in [0.1, 0.15) is 35.6 Å². The first kappa shape index (κ1) is 77.2. The van der Waals surface area contributed by atoms with Crippen molar-refractivity contribution >= 4 is 51.9 Å². The molecular weight excluding hydrogens is 1190 g/mol. The zero-order valence-corrected chi connectivity index (χ0v) is 61.4. The van der Waals surface area contributed by atoms with E-state index in [0.717, 1.165) is 76.0 Å². The Balaban J connectivity index is 0.000000185. The zero-order valence-electron chi connectivity index (χ0n) is 60.6. The Morgan fingerprint density at radius 2 is 0.989 bits per heavy atom. The number of hydrogen-bond donors (Lipinski definition) is 0. The van der Waals surface area contributed by atoms with E-state index in [-0.39, 0.29) is 87.3 Å². The van der Waals surface area contributed by atoms with Crippen molar-refractivity contribution in [3.63, 3.8) is 0 Å². The minimum atomic E-state index is -3.53. The summed E-state index contributed by atoms with van der Waals surface area (Å²) in [6, 6.07) is 0. The van der Waals surface area contributed by atoms with Crippen molar-refractivity contribution in [1.82, 2.24) is 0 Å². The molecule has 0 aromatic heterocycles. The molecule has 2 aliphatic heterocycles. The van der Waals surface area contributed by atoms with Crippen LogP contribution < -0.4 is 0 Å². The summed E-state index contributed by atoms with van der Waals surface area (Å²) in [7, 11) is -3.53. The number of ether oxygens (including phenoxy) is 7. The summed E-state index contributed by atoms with van der Waals surface area (Å²) >= 11 is 0. The molecular formula is C74H124O17S. The van der Waals surface area contributed by atoms with E-state index in [9.17, 15) is 42.0 Å². The van der Waals surface area contributed by atoms with Gasteiger partial charge in [-0.3, -0.25) is 33.0 Å². The van der Waals surface area contributed by atoms with Gasteiger partial charge in [-0.1, -0.05) is 88.5 Å². The van der Waals surface area contributed by atoms with E-state index >= 15 is 0 Å². The van der Waals surface area contributed by atoms with Crippen LogP contribution in [0.3, 0.4) is 0 Å². The van der Waals surface area contributed by atoms with Gasteiger partial charge in [0.05, 0.1) is 44.8 Å². The van der Waals surface area contributed by atoms with Crippen LogP contribution in [0.1, 0.15) is 280 Å². The molecule has 92 heavy (non-hydrogen) atoms. The average molecular weight is 1320 g/mol. The van der Waals surface area contributed by atoms with Gasteiger partial charge in [-0.25, -0.2) is 4.79 Å². The number of carbonyl (C=O) groups excluding carboxylic acids is 7. The molecule has 2 heterocycles. The second-order valence-electron chi connectivity index (χ2n) is 33.2. The Hall–Kier alpha value is -3.80.